The second kappa shape index (κ2) is 8.83. The van der Waals surface area contributed by atoms with Gasteiger partial charge in [-0.25, -0.2) is 0 Å². The summed E-state index contributed by atoms with van der Waals surface area (Å²) in [5.41, 5.74) is 0.652. The highest BCUT2D eigenvalue weighted by molar-refractivity contribution is 8.13. The van der Waals surface area contributed by atoms with E-state index in [-0.39, 0.29) is 17.2 Å². The van der Waals surface area contributed by atoms with Gasteiger partial charge in [-0.2, -0.15) is 0 Å². The maximum atomic E-state index is 11.9. The largest absolute Gasteiger partial charge is 0.460 e. The first-order chi connectivity index (χ1) is 11.7. The molecule has 5 nitrogen and oxygen atoms in total. The van der Waals surface area contributed by atoms with Crippen molar-refractivity contribution in [2.24, 2.45) is 0 Å². The van der Waals surface area contributed by atoms with Crippen LogP contribution in [0.5, 0.6) is 0 Å². The molecule has 1 aromatic rings. The second-order valence-corrected chi connectivity index (χ2v) is 8.41. The van der Waals surface area contributed by atoms with Crippen LogP contribution in [0, 0.1) is 0 Å². The van der Waals surface area contributed by atoms with Crippen LogP contribution in [0.25, 0.3) is 0 Å². The third kappa shape index (κ3) is 7.18. The smallest absolute Gasteiger partial charge is 0.307 e. The molecular weight excluding hydrogens is 338 g/mol. The van der Waals surface area contributed by atoms with E-state index in [9.17, 15) is 9.59 Å². The summed E-state index contributed by atoms with van der Waals surface area (Å²) in [7, 11) is 0. The summed E-state index contributed by atoms with van der Waals surface area (Å²) in [6, 6.07) is 7.91. The number of rotatable bonds is 5. The van der Waals surface area contributed by atoms with Crippen LogP contribution in [-0.4, -0.2) is 47.8 Å². The zero-order chi connectivity index (χ0) is 18.4. The molecule has 1 aliphatic rings. The SMILES string of the molecule is CC(=O)Sc1ccc(C2CN(CCC(=O)OC(C)(C)C)CCO2)cc1. The molecule has 0 bridgehead atoms. The van der Waals surface area contributed by atoms with Crippen LogP contribution in [0.3, 0.4) is 0 Å². The molecule has 1 atom stereocenters. The molecular formula is C19H27NO4S. The van der Waals surface area contributed by atoms with Gasteiger partial charge in [0, 0.05) is 31.5 Å². The maximum absolute atomic E-state index is 11.9. The van der Waals surface area contributed by atoms with Crippen molar-refractivity contribution in [2.75, 3.05) is 26.2 Å². The quantitative estimate of drug-likeness (QED) is 0.589. The van der Waals surface area contributed by atoms with E-state index < -0.39 is 5.60 Å². The van der Waals surface area contributed by atoms with Gasteiger partial charge in [0.15, 0.2) is 5.12 Å². The van der Waals surface area contributed by atoms with Crippen molar-refractivity contribution in [3.8, 4) is 0 Å². The van der Waals surface area contributed by atoms with Crippen molar-refractivity contribution in [1.82, 2.24) is 4.90 Å². The lowest BCUT2D eigenvalue weighted by molar-refractivity contribution is -0.155. The number of hydrogen-bond acceptors (Lipinski definition) is 6. The highest BCUT2D eigenvalue weighted by atomic mass is 32.2. The van der Waals surface area contributed by atoms with Gasteiger partial charge in [0.25, 0.3) is 0 Å². The Kier molecular flexibility index (Phi) is 7.04. The average molecular weight is 365 g/mol. The number of ether oxygens (including phenoxy) is 2. The normalized spacial score (nSPS) is 18.8. The molecule has 1 aromatic carbocycles. The molecule has 0 aliphatic carbocycles. The van der Waals surface area contributed by atoms with Gasteiger partial charge in [-0.05, 0) is 38.5 Å². The van der Waals surface area contributed by atoms with E-state index >= 15 is 0 Å². The van der Waals surface area contributed by atoms with Crippen LogP contribution in [0.4, 0.5) is 0 Å². The zero-order valence-corrected chi connectivity index (χ0v) is 16.2. The Balaban J connectivity index is 1.86. The molecule has 1 unspecified atom stereocenters. The highest BCUT2D eigenvalue weighted by Crippen LogP contribution is 2.26. The van der Waals surface area contributed by atoms with E-state index in [0.717, 1.165) is 23.5 Å². The summed E-state index contributed by atoms with van der Waals surface area (Å²) in [5, 5.41) is 0.0787. The Hall–Kier alpha value is -1.37. The first kappa shape index (κ1) is 19.9. The van der Waals surface area contributed by atoms with E-state index in [1.165, 1.54) is 11.8 Å². The third-order valence-corrected chi connectivity index (χ3v) is 4.51. The Labute approximate surface area is 154 Å². The molecule has 0 amide bonds. The fourth-order valence-electron chi connectivity index (χ4n) is 2.67. The average Bonchev–Trinajstić information content (AvgIpc) is 2.52. The van der Waals surface area contributed by atoms with Crippen LogP contribution in [-0.2, 0) is 19.1 Å². The minimum absolute atomic E-state index is 0.0104. The Morgan fingerprint density at radius 1 is 1.28 bits per heavy atom. The lowest BCUT2D eigenvalue weighted by Gasteiger charge is -2.33. The summed E-state index contributed by atoms with van der Waals surface area (Å²) in [6.45, 7) is 10.1. The van der Waals surface area contributed by atoms with Gasteiger partial charge in [-0.1, -0.05) is 23.9 Å². The first-order valence-electron chi connectivity index (χ1n) is 8.57. The summed E-state index contributed by atoms with van der Waals surface area (Å²) in [6.07, 6.45) is 0.377. The van der Waals surface area contributed by atoms with Crippen molar-refractivity contribution >= 4 is 22.8 Å². The fourth-order valence-corrected chi connectivity index (χ4v) is 3.27. The summed E-state index contributed by atoms with van der Waals surface area (Å²) >= 11 is 1.23. The van der Waals surface area contributed by atoms with E-state index in [1.54, 1.807) is 6.92 Å². The first-order valence-corrected chi connectivity index (χ1v) is 9.39. The van der Waals surface area contributed by atoms with Crippen LogP contribution in [0.15, 0.2) is 29.2 Å². The minimum Gasteiger partial charge on any atom is -0.460 e. The number of carbonyl (C=O) groups is 2. The molecule has 2 rings (SSSR count). The van der Waals surface area contributed by atoms with Gasteiger partial charge >= 0.3 is 5.97 Å². The zero-order valence-electron chi connectivity index (χ0n) is 15.4. The molecule has 0 saturated carbocycles. The molecule has 1 aliphatic heterocycles. The molecule has 0 radical (unpaired) electrons. The summed E-state index contributed by atoms with van der Waals surface area (Å²) in [4.78, 5) is 26.2. The van der Waals surface area contributed by atoms with Crippen molar-refractivity contribution in [1.29, 1.82) is 0 Å². The predicted octanol–water partition coefficient (Wildman–Crippen LogP) is 3.43. The topological polar surface area (TPSA) is 55.8 Å². The lowest BCUT2D eigenvalue weighted by atomic mass is 10.1. The van der Waals surface area contributed by atoms with Crippen LogP contribution >= 0.6 is 11.8 Å². The molecule has 0 spiro atoms. The molecule has 1 fully saturated rings. The molecule has 1 saturated heterocycles. The molecule has 0 N–H and O–H groups in total. The van der Waals surface area contributed by atoms with Gasteiger partial charge in [0.1, 0.15) is 5.60 Å². The Morgan fingerprint density at radius 3 is 2.56 bits per heavy atom. The van der Waals surface area contributed by atoms with Gasteiger partial charge in [0.2, 0.25) is 0 Å². The molecule has 6 heteroatoms. The molecule has 25 heavy (non-hydrogen) atoms. The second-order valence-electron chi connectivity index (χ2n) is 7.16. The Bertz CT molecular complexity index is 594. The number of morpholine rings is 1. The number of thioether (sulfide) groups is 1. The van der Waals surface area contributed by atoms with Gasteiger partial charge in [-0.15, -0.1) is 0 Å². The van der Waals surface area contributed by atoms with E-state index in [1.807, 2.05) is 45.0 Å². The fraction of sp³-hybridized carbons (Fsp3) is 0.579. The lowest BCUT2D eigenvalue weighted by Crippen LogP contribution is -2.39. The van der Waals surface area contributed by atoms with Crippen LogP contribution < -0.4 is 0 Å². The van der Waals surface area contributed by atoms with E-state index in [4.69, 9.17) is 9.47 Å². The van der Waals surface area contributed by atoms with Crippen molar-refractivity contribution in [3.63, 3.8) is 0 Å². The standard InChI is InChI=1S/C19H27NO4S/c1-14(21)25-16-7-5-15(6-8-16)17-13-20(11-12-23-17)10-9-18(22)24-19(2,3)4/h5-8,17H,9-13H2,1-4H3. The predicted molar refractivity (Wildman–Crippen MR) is 98.6 cm³/mol. The maximum Gasteiger partial charge on any atom is 0.307 e. The summed E-state index contributed by atoms with van der Waals surface area (Å²) in [5.74, 6) is -0.166. The number of esters is 1. The number of carbonyl (C=O) groups excluding carboxylic acids is 2. The van der Waals surface area contributed by atoms with Crippen LogP contribution in [0.2, 0.25) is 0 Å². The monoisotopic (exact) mass is 365 g/mol. The summed E-state index contributed by atoms with van der Waals surface area (Å²) < 4.78 is 11.2. The van der Waals surface area contributed by atoms with Crippen molar-refractivity contribution in [2.45, 2.75) is 50.7 Å². The van der Waals surface area contributed by atoms with Crippen molar-refractivity contribution in [3.05, 3.63) is 29.8 Å². The molecule has 138 valence electrons. The van der Waals surface area contributed by atoms with Gasteiger partial charge in [0.05, 0.1) is 19.1 Å². The van der Waals surface area contributed by atoms with Crippen LogP contribution in [0.1, 0.15) is 45.8 Å². The Morgan fingerprint density at radius 2 is 1.96 bits per heavy atom. The molecule has 0 aromatic heterocycles. The third-order valence-electron chi connectivity index (χ3n) is 3.72. The number of benzene rings is 1. The number of hydrogen-bond donors (Lipinski definition) is 0. The van der Waals surface area contributed by atoms with E-state index in [2.05, 4.69) is 4.90 Å². The van der Waals surface area contributed by atoms with Gasteiger partial charge in [-0.3, -0.25) is 14.5 Å². The highest BCUT2D eigenvalue weighted by Gasteiger charge is 2.23. The number of nitrogens with zero attached hydrogens (tertiary/aromatic N) is 1. The van der Waals surface area contributed by atoms with Gasteiger partial charge < -0.3 is 9.47 Å². The van der Waals surface area contributed by atoms with E-state index in [0.29, 0.717) is 19.6 Å². The minimum atomic E-state index is -0.440. The molecule has 1 heterocycles. The van der Waals surface area contributed by atoms with Crippen molar-refractivity contribution < 1.29 is 19.1 Å².